The molecule has 34 heavy (non-hydrogen) atoms. The second-order valence-corrected chi connectivity index (χ2v) is 8.84. The van der Waals surface area contributed by atoms with Gasteiger partial charge in [0.15, 0.2) is 6.10 Å². The van der Waals surface area contributed by atoms with Gasteiger partial charge in [-0.3, -0.25) is 9.59 Å². The lowest BCUT2D eigenvalue weighted by molar-refractivity contribution is -0.141. The third kappa shape index (κ3) is 4.16. The molecule has 3 aromatic carbocycles. The number of anilines is 1. The zero-order valence-electron chi connectivity index (χ0n) is 19.1. The van der Waals surface area contributed by atoms with Crippen molar-refractivity contribution in [2.75, 3.05) is 5.32 Å². The molecule has 0 aromatic heterocycles. The lowest BCUT2D eigenvalue weighted by Crippen LogP contribution is -2.42. The number of benzene rings is 3. The maximum atomic E-state index is 14.0. The summed E-state index contributed by atoms with van der Waals surface area (Å²) in [5, 5.41) is 2.78. The van der Waals surface area contributed by atoms with E-state index in [0.29, 0.717) is 24.4 Å². The molecule has 1 heterocycles. The van der Waals surface area contributed by atoms with Crippen LogP contribution >= 0.6 is 0 Å². The van der Waals surface area contributed by atoms with Crippen molar-refractivity contribution in [2.45, 2.75) is 51.3 Å². The molecule has 2 aliphatic rings. The number of amides is 2. The van der Waals surface area contributed by atoms with Crippen molar-refractivity contribution in [3.8, 4) is 5.75 Å². The molecule has 3 aromatic rings. The normalized spacial score (nSPS) is 19.5. The van der Waals surface area contributed by atoms with Crippen molar-refractivity contribution < 1.29 is 18.7 Å². The number of hydrogen-bond donors (Lipinski definition) is 1. The molecule has 174 valence electrons. The average Bonchev–Trinajstić information content (AvgIpc) is 2.99. The Bertz CT molecular complexity index is 1240. The summed E-state index contributed by atoms with van der Waals surface area (Å²) >= 11 is 0. The zero-order chi connectivity index (χ0) is 23.7. The van der Waals surface area contributed by atoms with Gasteiger partial charge in [0.1, 0.15) is 11.6 Å². The number of aryl methyl sites for hydroxylation is 1. The Morgan fingerprint density at radius 3 is 2.71 bits per heavy atom. The largest absolute Gasteiger partial charge is 0.480 e. The van der Waals surface area contributed by atoms with Crippen LogP contribution in [0.5, 0.6) is 5.75 Å². The average molecular weight is 459 g/mol. The Balaban J connectivity index is 1.47. The standard InChI is InChI=1S/C28H27FN2O3/c1-2-25-28(33)31(24-13-7-9-18-8-3-4-10-21(18)24)17-19-16-20(14-15-26(19)34-25)30-27(32)22-11-5-6-12-23(22)29/h3-6,8,10-12,14-16,24-25H,2,7,9,13,17H2,1H3,(H,30,32)/t24-,25-/m1/s1. The predicted molar refractivity (Wildman–Crippen MR) is 128 cm³/mol. The quantitative estimate of drug-likeness (QED) is 0.549. The van der Waals surface area contributed by atoms with E-state index in [9.17, 15) is 14.0 Å². The van der Waals surface area contributed by atoms with Gasteiger partial charge in [-0.25, -0.2) is 4.39 Å². The van der Waals surface area contributed by atoms with E-state index in [1.54, 1.807) is 24.3 Å². The fraction of sp³-hybridized carbons (Fsp3) is 0.286. The summed E-state index contributed by atoms with van der Waals surface area (Å²) in [6.45, 7) is 2.33. The van der Waals surface area contributed by atoms with Gasteiger partial charge < -0.3 is 15.0 Å². The lowest BCUT2D eigenvalue weighted by Gasteiger charge is -2.36. The minimum Gasteiger partial charge on any atom is -0.480 e. The van der Waals surface area contributed by atoms with Crippen molar-refractivity contribution >= 4 is 17.5 Å². The van der Waals surface area contributed by atoms with Crippen LogP contribution < -0.4 is 10.1 Å². The third-order valence-corrected chi connectivity index (χ3v) is 6.69. The molecule has 2 amide bonds. The Morgan fingerprint density at radius 2 is 1.88 bits per heavy atom. The van der Waals surface area contributed by atoms with E-state index in [1.807, 2.05) is 30.0 Å². The van der Waals surface area contributed by atoms with Crippen LogP contribution in [0.25, 0.3) is 0 Å². The first kappa shape index (κ1) is 22.1. The summed E-state index contributed by atoms with van der Waals surface area (Å²) in [6.07, 6.45) is 2.95. The Hall–Kier alpha value is -3.67. The van der Waals surface area contributed by atoms with Crippen LogP contribution in [0.2, 0.25) is 0 Å². The van der Waals surface area contributed by atoms with Gasteiger partial charge in [-0.05, 0) is 67.1 Å². The Kier molecular flexibility index (Phi) is 6.05. The molecule has 5 rings (SSSR count). The van der Waals surface area contributed by atoms with Crippen LogP contribution in [-0.4, -0.2) is 22.8 Å². The highest BCUT2D eigenvalue weighted by Gasteiger charge is 2.36. The molecule has 0 bridgehead atoms. The number of ether oxygens (including phenoxy) is 1. The number of nitrogens with zero attached hydrogens (tertiary/aromatic N) is 1. The topological polar surface area (TPSA) is 58.6 Å². The highest BCUT2D eigenvalue weighted by Crippen LogP contribution is 2.39. The van der Waals surface area contributed by atoms with Gasteiger partial charge in [0.25, 0.3) is 11.8 Å². The van der Waals surface area contributed by atoms with Crippen LogP contribution in [0.4, 0.5) is 10.1 Å². The van der Waals surface area contributed by atoms with Crippen molar-refractivity contribution in [2.24, 2.45) is 0 Å². The monoisotopic (exact) mass is 458 g/mol. The number of carbonyl (C=O) groups is 2. The number of rotatable bonds is 4. The molecule has 0 saturated heterocycles. The minimum absolute atomic E-state index is 0.0160. The molecule has 6 heteroatoms. The highest BCUT2D eigenvalue weighted by molar-refractivity contribution is 6.04. The van der Waals surface area contributed by atoms with E-state index < -0.39 is 17.8 Å². The number of hydrogen-bond acceptors (Lipinski definition) is 3. The third-order valence-electron chi connectivity index (χ3n) is 6.69. The van der Waals surface area contributed by atoms with E-state index in [0.717, 1.165) is 24.8 Å². The zero-order valence-corrected chi connectivity index (χ0v) is 19.1. The molecule has 0 unspecified atom stereocenters. The van der Waals surface area contributed by atoms with Crippen molar-refractivity contribution in [1.29, 1.82) is 0 Å². The molecule has 2 atom stereocenters. The van der Waals surface area contributed by atoms with Crippen LogP contribution in [0.3, 0.4) is 0 Å². The number of halogens is 1. The second-order valence-electron chi connectivity index (χ2n) is 8.84. The van der Waals surface area contributed by atoms with Crippen LogP contribution in [-0.2, 0) is 17.8 Å². The first-order chi connectivity index (χ1) is 16.5. The summed E-state index contributed by atoms with van der Waals surface area (Å²) in [5.74, 6) is -0.474. The maximum Gasteiger partial charge on any atom is 0.264 e. The molecule has 1 N–H and O–H groups in total. The fourth-order valence-corrected chi connectivity index (χ4v) is 4.96. The van der Waals surface area contributed by atoms with E-state index in [2.05, 4.69) is 17.4 Å². The smallest absolute Gasteiger partial charge is 0.264 e. The summed E-state index contributed by atoms with van der Waals surface area (Å²) in [7, 11) is 0. The molecule has 1 aliphatic heterocycles. The van der Waals surface area contributed by atoms with Crippen LogP contribution in [0, 0.1) is 5.82 Å². The molecular weight excluding hydrogens is 431 g/mol. The van der Waals surface area contributed by atoms with Gasteiger partial charge in [-0.2, -0.15) is 0 Å². The van der Waals surface area contributed by atoms with Crippen molar-refractivity contribution in [3.05, 3.63) is 94.8 Å². The predicted octanol–water partition coefficient (Wildman–Crippen LogP) is 5.66. The molecular formula is C28H27FN2O3. The summed E-state index contributed by atoms with van der Waals surface area (Å²) in [4.78, 5) is 28.1. The first-order valence-electron chi connectivity index (χ1n) is 11.8. The maximum absolute atomic E-state index is 14.0. The van der Waals surface area contributed by atoms with E-state index in [-0.39, 0.29) is 17.5 Å². The number of carbonyl (C=O) groups excluding carboxylic acids is 2. The van der Waals surface area contributed by atoms with Gasteiger partial charge in [0.2, 0.25) is 0 Å². The molecule has 0 radical (unpaired) electrons. The van der Waals surface area contributed by atoms with Crippen molar-refractivity contribution in [3.63, 3.8) is 0 Å². The van der Waals surface area contributed by atoms with Gasteiger partial charge in [-0.15, -0.1) is 0 Å². The van der Waals surface area contributed by atoms with Gasteiger partial charge in [0.05, 0.1) is 18.2 Å². The highest BCUT2D eigenvalue weighted by atomic mass is 19.1. The van der Waals surface area contributed by atoms with E-state index >= 15 is 0 Å². The molecule has 0 spiro atoms. The summed E-state index contributed by atoms with van der Waals surface area (Å²) in [5.41, 5.74) is 3.82. The van der Waals surface area contributed by atoms with Crippen LogP contribution in [0.1, 0.15) is 59.3 Å². The first-order valence-corrected chi connectivity index (χ1v) is 11.8. The van der Waals surface area contributed by atoms with Gasteiger partial charge >= 0.3 is 0 Å². The summed E-state index contributed by atoms with van der Waals surface area (Å²) in [6, 6.07) is 19.5. The Labute approximate surface area is 198 Å². The minimum atomic E-state index is -0.573. The summed E-state index contributed by atoms with van der Waals surface area (Å²) < 4.78 is 20.2. The molecule has 1 aliphatic carbocycles. The number of nitrogens with one attached hydrogen (secondary N) is 1. The Morgan fingerprint density at radius 1 is 1.09 bits per heavy atom. The number of fused-ring (bicyclic) bond motifs is 2. The second kappa shape index (κ2) is 9.29. The fourth-order valence-electron chi connectivity index (χ4n) is 4.96. The van der Waals surface area contributed by atoms with Crippen molar-refractivity contribution in [1.82, 2.24) is 4.90 Å². The lowest BCUT2D eigenvalue weighted by atomic mass is 9.86. The SMILES string of the molecule is CC[C@H]1Oc2ccc(NC(=O)c3ccccc3F)cc2CN([C@@H]2CCCc3ccccc32)C1=O. The van der Waals surface area contributed by atoms with Gasteiger partial charge in [0, 0.05) is 11.3 Å². The van der Waals surface area contributed by atoms with Crippen LogP contribution in [0.15, 0.2) is 66.7 Å². The molecule has 0 fully saturated rings. The van der Waals surface area contributed by atoms with E-state index in [1.165, 1.54) is 23.3 Å². The van der Waals surface area contributed by atoms with E-state index in [4.69, 9.17) is 4.74 Å². The molecule has 5 nitrogen and oxygen atoms in total. The molecule has 0 saturated carbocycles. The van der Waals surface area contributed by atoms with Gasteiger partial charge in [-0.1, -0.05) is 43.3 Å².